The third-order valence-electron chi connectivity index (χ3n) is 2.82. The molecule has 17 heavy (non-hydrogen) atoms. The molecule has 1 atom stereocenters. The summed E-state index contributed by atoms with van der Waals surface area (Å²) in [6, 6.07) is 1.88. The summed E-state index contributed by atoms with van der Waals surface area (Å²) in [5.74, 6) is -1.40. The third-order valence-corrected chi connectivity index (χ3v) is 2.82. The van der Waals surface area contributed by atoms with Crippen LogP contribution >= 0.6 is 0 Å². The molecule has 0 spiro atoms. The first kappa shape index (κ1) is 11.4. The molecule has 1 aliphatic rings. The van der Waals surface area contributed by atoms with Crippen molar-refractivity contribution in [2.45, 2.75) is 18.9 Å². The molecule has 0 aliphatic carbocycles. The van der Waals surface area contributed by atoms with Crippen LogP contribution in [-0.2, 0) is 4.79 Å². The number of nitrogens with one attached hydrogen (secondary N) is 1. The van der Waals surface area contributed by atoms with Crippen LogP contribution < -0.4 is 5.56 Å². The number of carbonyl (C=O) groups excluding carboxylic acids is 1. The highest BCUT2D eigenvalue weighted by Gasteiger charge is 2.34. The first-order valence-electron chi connectivity index (χ1n) is 5.32. The summed E-state index contributed by atoms with van der Waals surface area (Å²) >= 11 is 0. The lowest BCUT2D eigenvalue weighted by Gasteiger charge is -2.21. The Morgan fingerprint density at radius 2 is 2.24 bits per heavy atom. The summed E-state index contributed by atoms with van der Waals surface area (Å²) in [6.07, 6.45) is 2.51. The van der Waals surface area contributed by atoms with Crippen molar-refractivity contribution in [1.29, 1.82) is 0 Å². The molecular formula is C11H12N2O4. The van der Waals surface area contributed by atoms with Gasteiger partial charge in [-0.1, -0.05) is 0 Å². The van der Waals surface area contributed by atoms with E-state index in [0.717, 1.165) is 0 Å². The van der Waals surface area contributed by atoms with Crippen molar-refractivity contribution in [3.8, 4) is 0 Å². The van der Waals surface area contributed by atoms with Gasteiger partial charge in [-0.2, -0.15) is 0 Å². The van der Waals surface area contributed by atoms with Gasteiger partial charge in [0.1, 0.15) is 6.04 Å². The second kappa shape index (κ2) is 4.40. The Morgan fingerprint density at radius 3 is 2.88 bits per heavy atom. The molecule has 6 heteroatoms. The summed E-state index contributed by atoms with van der Waals surface area (Å²) in [4.78, 5) is 37.8. The van der Waals surface area contributed by atoms with E-state index in [4.69, 9.17) is 5.11 Å². The van der Waals surface area contributed by atoms with Crippen LogP contribution in [0.15, 0.2) is 23.1 Å². The monoisotopic (exact) mass is 236 g/mol. The molecule has 1 aliphatic heterocycles. The van der Waals surface area contributed by atoms with Gasteiger partial charge in [-0.25, -0.2) is 4.79 Å². The molecule has 1 saturated heterocycles. The van der Waals surface area contributed by atoms with Crippen LogP contribution in [0.3, 0.4) is 0 Å². The molecule has 0 bridgehead atoms. The number of rotatable bonds is 2. The molecule has 1 fully saturated rings. The van der Waals surface area contributed by atoms with E-state index in [2.05, 4.69) is 4.98 Å². The van der Waals surface area contributed by atoms with E-state index in [1.54, 1.807) is 0 Å². The van der Waals surface area contributed by atoms with E-state index < -0.39 is 17.9 Å². The normalized spacial score (nSPS) is 19.3. The van der Waals surface area contributed by atoms with Gasteiger partial charge < -0.3 is 15.0 Å². The fourth-order valence-corrected chi connectivity index (χ4v) is 2.01. The molecular weight excluding hydrogens is 224 g/mol. The average Bonchev–Trinajstić information content (AvgIpc) is 2.77. The lowest BCUT2D eigenvalue weighted by atomic mass is 10.2. The molecule has 0 radical (unpaired) electrons. The Kier molecular flexibility index (Phi) is 2.95. The Bertz CT molecular complexity index is 508. The van der Waals surface area contributed by atoms with Crippen molar-refractivity contribution < 1.29 is 14.7 Å². The Hall–Kier alpha value is -2.11. The van der Waals surface area contributed by atoms with Crippen LogP contribution in [0.1, 0.15) is 23.2 Å². The second-order valence-corrected chi connectivity index (χ2v) is 3.94. The van der Waals surface area contributed by atoms with Gasteiger partial charge in [0.15, 0.2) is 0 Å². The van der Waals surface area contributed by atoms with Crippen LogP contribution in [0.2, 0.25) is 0 Å². The highest BCUT2D eigenvalue weighted by atomic mass is 16.4. The quantitative estimate of drug-likeness (QED) is 0.759. The molecule has 1 amide bonds. The van der Waals surface area contributed by atoms with Gasteiger partial charge in [0.25, 0.3) is 5.91 Å². The fraction of sp³-hybridized carbons (Fsp3) is 0.364. The number of aromatic nitrogens is 1. The number of nitrogens with zero attached hydrogens (tertiary/aromatic N) is 1. The number of likely N-dealkylation sites (tertiary alicyclic amines) is 1. The van der Waals surface area contributed by atoms with E-state index in [1.807, 2.05) is 0 Å². The van der Waals surface area contributed by atoms with Crippen molar-refractivity contribution in [3.05, 3.63) is 34.2 Å². The molecule has 90 valence electrons. The lowest BCUT2D eigenvalue weighted by molar-refractivity contribution is -0.141. The van der Waals surface area contributed by atoms with E-state index in [0.29, 0.717) is 19.4 Å². The molecule has 0 saturated carbocycles. The van der Waals surface area contributed by atoms with Gasteiger partial charge in [-0.3, -0.25) is 9.59 Å². The summed E-state index contributed by atoms with van der Waals surface area (Å²) in [5, 5.41) is 8.97. The fourth-order valence-electron chi connectivity index (χ4n) is 2.01. The Morgan fingerprint density at radius 1 is 1.47 bits per heavy atom. The number of carboxylic acid groups (broad SMARTS) is 1. The van der Waals surface area contributed by atoms with E-state index in [1.165, 1.54) is 23.2 Å². The van der Waals surface area contributed by atoms with Gasteiger partial charge in [-0.15, -0.1) is 0 Å². The number of aliphatic carboxylic acids is 1. The molecule has 0 aromatic carbocycles. The van der Waals surface area contributed by atoms with Crippen molar-refractivity contribution in [1.82, 2.24) is 9.88 Å². The van der Waals surface area contributed by atoms with Crippen LogP contribution in [-0.4, -0.2) is 39.5 Å². The van der Waals surface area contributed by atoms with Crippen molar-refractivity contribution in [3.63, 3.8) is 0 Å². The van der Waals surface area contributed by atoms with Crippen LogP contribution in [0.25, 0.3) is 0 Å². The first-order chi connectivity index (χ1) is 8.09. The number of hydrogen-bond acceptors (Lipinski definition) is 3. The molecule has 6 nitrogen and oxygen atoms in total. The zero-order valence-electron chi connectivity index (χ0n) is 9.05. The molecule has 0 unspecified atom stereocenters. The van der Waals surface area contributed by atoms with Crippen LogP contribution in [0.5, 0.6) is 0 Å². The van der Waals surface area contributed by atoms with Gasteiger partial charge >= 0.3 is 5.97 Å². The van der Waals surface area contributed by atoms with Crippen molar-refractivity contribution >= 4 is 11.9 Å². The summed E-state index contributed by atoms with van der Waals surface area (Å²) < 4.78 is 0. The zero-order valence-corrected chi connectivity index (χ0v) is 9.05. The summed E-state index contributed by atoms with van der Waals surface area (Å²) in [5.41, 5.74) is -0.149. The molecule has 1 aromatic heterocycles. The number of carbonyl (C=O) groups is 2. The van der Waals surface area contributed by atoms with Crippen molar-refractivity contribution in [2.24, 2.45) is 0 Å². The van der Waals surface area contributed by atoms with Gasteiger partial charge in [-0.05, 0) is 18.9 Å². The maximum Gasteiger partial charge on any atom is 0.326 e. The number of H-pyrrole nitrogens is 1. The SMILES string of the molecule is O=C(O)[C@H]1CCCN1C(=O)c1cc[nH]c(=O)c1. The number of amides is 1. The highest BCUT2D eigenvalue weighted by Crippen LogP contribution is 2.19. The molecule has 2 N–H and O–H groups in total. The van der Waals surface area contributed by atoms with Crippen LogP contribution in [0.4, 0.5) is 0 Å². The summed E-state index contributed by atoms with van der Waals surface area (Å²) in [6.45, 7) is 0.419. The van der Waals surface area contributed by atoms with Crippen molar-refractivity contribution in [2.75, 3.05) is 6.54 Å². The topological polar surface area (TPSA) is 90.5 Å². The number of hydrogen-bond donors (Lipinski definition) is 2. The van der Waals surface area contributed by atoms with E-state index in [9.17, 15) is 14.4 Å². The van der Waals surface area contributed by atoms with E-state index in [-0.39, 0.29) is 11.1 Å². The largest absolute Gasteiger partial charge is 0.480 e. The van der Waals surface area contributed by atoms with Gasteiger partial charge in [0.05, 0.1) is 0 Å². The minimum atomic E-state index is -0.999. The van der Waals surface area contributed by atoms with Crippen LogP contribution in [0, 0.1) is 0 Å². The lowest BCUT2D eigenvalue weighted by Crippen LogP contribution is -2.40. The predicted molar refractivity (Wildman–Crippen MR) is 58.8 cm³/mol. The molecule has 1 aromatic rings. The second-order valence-electron chi connectivity index (χ2n) is 3.94. The smallest absolute Gasteiger partial charge is 0.326 e. The number of aromatic amines is 1. The maximum absolute atomic E-state index is 12.0. The molecule has 2 rings (SSSR count). The minimum Gasteiger partial charge on any atom is -0.480 e. The first-order valence-corrected chi connectivity index (χ1v) is 5.32. The zero-order chi connectivity index (χ0) is 12.4. The predicted octanol–water partition coefficient (Wildman–Crippen LogP) is 0.0641. The van der Waals surface area contributed by atoms with Gasteiger partial charge in [0.2, 0.25) is 5.56 Å². The number of pyridine rings is 1. The van der Waals surface area contributed by atoms with Gasteiger partial charge in [0, 0.05) is 24.4 Å². The summed E-state index contributed by atoms with van der Waals surface area (Å²) in [7, 11) is 0. The van der Waals surface area contributed by atoms with E-state index >= 15 is 0 Å². The maximum atomic E-state index is 12.0. The number of carboxylic acids is 1. The standard InChI is InChI=1S/C11H12N2O4/c14-9-6-7(3-4-12-9)10(15)13-5-1-2-8(13)11(16)17/h3-4,6,8H,1-2,5H2,(H,12,14)(H,16,17)/t8-/m1/s1. The Balaban J connectivity index is 2.26. The highest BCUT2D eigenvalue weighted by molar-refractivity contribution is 5.96. The minimum absolute atomic E-state index is 0.224. The average molecular weight is 236 g/mol. The molecule has 2 heterocycles. The third kappa shape index (κ3) is 2.20. The Labute approximate surface area is 96.9 Å².